The van der Waals surface area contributed by atoms with Crippen molar-refractivity contribution in [1.29, 1.82) is 0 Å². The highest BCUT2D eigenvalue weighted by molar-refractivity contribution is 5.74. The van der Waals surface area contributed by atoms with Gasteiger partial charge in [0.25, 0.3) is 0 Å². The van der Waals surface area contributed by atoms with E-state index < -0.39 is 5.82 Å². The first-order chi connectivity index (χ1) is 18.1. The van der Waals surface area contributed by atoms with E-state index in [1.165, 1.54) is 6.20 Å². The average Bonchev–Trinajstić information content (AvgIpc) is 3.51. The molecule has 0 radical (unpaired) electrons. The van der Waals surface area contributed by atoms with Crippen LogP contribution in [-0.2, 0) is 6.54 Å². The maximum atomic E-state index is 14.9. The largest absolute Gasteiger partial charge is 0.507 e. The van der Waals surface area contributed by atoms with Crippen molar-refractivity contribution in [3.63, 3.8) is 0 Å². The van der Waals surface area contributed by atoms with Crippen molar-refractivity contribution in [2.75, 3.05) is 28.6 Å². The zero-order valence-corrected chi connectivity index (χ0v) is 19.9. The molecule has 0 amide bonds. The summed E-state index contributed by atoms with van der Waals surface area (Å²) in [4.78, 5) is 16.8. The number of phenolic OH excluding ortho intramolecular Hbond substituents is 1. The lowest BCUT2D eigenvalue weighted by Crippen LogP contribution is -2.54. The number of halogens is 1. The molecule has 3 aromatic heterocycles. The second-order valence-electron chi connectivity index (χ2n) is 9.12. The molecule has 2 fully saturated rings. The van der Waals surface area contributed by atoms with E-state index in [0.717, 1.165) is 18.5 Å². The Labute approximate surface area is 212 Å². The Bertz CT molecular complexity index is 1480. The van der Waals surface area contributed by atoms with Gasteiger partial charge in [0, 0.05) is 43.1 Å². The summed E-state index contributed by atoms with van der Waals surface area (Å²) in [7, 11) is 0. The van der Waals surface area contributed by atoms with Gasteiger partial charge in [-0.2, -0.15) is 0 Å². The fraction of sp³-hybridized carbons (Fsp3) is 0.269. The zero-order chi connectivity index (χ0) is 25.4. The first-order valence-corrected chi connectivity index (χ1v) is 12.0. The van der Waals surface area contributed by atoms with Crippen molar-refractivity contribution >= 4 is 17.3 Å². The Balaban J connectivity index is 1.24. The van der Waals surface area contributed by atoms with Gasteiger partial charge in [-0.3, -0.25) is 0 Å². The summed E-state index contributed by atoms with van der Waals surface area (Å²) in [6.07, 6.45) is 8.18. The van der Waals surface area contributed by atoms with Gasteiger partial charge in [0.15, 0.2) is 17.5 Å². The second kappa shape index (κ2) is 9.39. The van der Waals surface area contributed by atoms with Gasteiger partial charge < -0.3 is 25.2 Å². The van der Waals surface area contributed by atoms with Crippen LogP contribution in [0.4, 0.5) is 21.7 Å². The number of nitrogen functional groups attached to an aromatic ring is 1. The van der Waals surface area contributed by atoms with E-state index in [0.29, 0.717) is 36.7 Å². The van der Waals surface area contributed by atoms with Gasteiger partial charge in [0.05, 0.1) is 30.5 Å². The molecule has 2 aliphatic heterocycles. The van der Waals surface area contributed by atoms with Crippen LogP contribution >= 0.6 is 0 Å². The molecule has 11 heteroatoms. The molecule has 4 aromatic rings. The number of para-hydroxylation sites is 1. The van der Waals surface area contributed by atoms with Crippen LogP contribution < -0.4 is 15.5 Å². The highest BCUT2D eigenvalue weighted by Crippen LogP contribution is 2.39. The van der Waals surface area contributed by atoms with E-state index in [1.807, 2.05) is 22.9 Å². The predicted octanol–water partition coefficient (Wildman–Crippen LogP) is 2.47. The number of hydrogen-bond donors (Lipinski definition) is 2. The van der Waals surface area contributed by atoms with Crippen LogP contribution in [0.15, 0.2) is 55.2 Å². The smallest absolute Gasteiger partial charge is 0.207 e. The number of anilines is 3. The van der Waals surface area contributed by atoms with Gasteiger partial charge in [0.1, 0.15) is 5.75 Å². The lowest BCUT2D eigenvalue weighted by Gasteiger charge is -2.42. The minimum absolute atomic E-state index is 0.0380. The van der Waals surface area contributed by atoms with Gasteiger partial charge in [-0.1, -0.05) is 18.1 Å². The molecule has 2 aliphatic rings. The fourth-order valence-corrected chi connectivity index (χ4v) is 5.10. The quantitative estimate of drug-likeness (QED) is 0.410. The summed E-state index contributed by atoms with van der Waals surface area (Å²) in [6.45, 7) is 1.69. The number of imidazole rings is 1. The molecule has 6 rings (SSSR count). The lowest BCUT2D eigenvalue weighted by molar-refractivity contribution is 0.477. The fourth-order valence-electron chi connectivity index (χ4n) is 5.10. The second-order valence-corrected chi connectivity index (χ2v) is 9.12. The molecule has 3 N–H and O–H groups in total. The van der Waals surface area contributed by atoms with Crippen LogP contribution in [0, 0.1) is 17.7 Å². The SMILES string of the molecule is Nc1nnc(-c2ccccc2O)cc1N1C[C@H]2CC[C@@H](C1)N2c1nc(C#CCn2ccnc2)ncc1F. The first-order valence-electron chi connectivity index (χ1n) is 12.0. The Hall–Kier alpha value is -4.72. The highest BCUT2D eigenvalue weighted by atomic mass is 19.1. The molecule has 0 spiro atoms. The topological polar surface area (TPSA) is 122 Å². The third-order valence-corrected chi connectivity index (χ3v) is 6.80. The van der Waals surface area contributed by atoms with Crippen LogP contribution in [0.25, 0.3) is 11.3 Å². The predicted molar refractivity (Wildman–Crippen MR) is 136 cm³/mol. The highest BCUT2D eigenvalue weighted by Gasteiger charge is 2.42. The molecule has 1 aromatic carbocycles. The molecule has 37 heavy (non-hydrogen) atoms. The minimum atomic E-state index is -0.461. The van der Waals surface area contributed by atoms with Crippen molar-refractivity contribution in [3.8, 4) is 28.8 Å². The van der Waals surface area contributed by atoms with Gasteiger partial charge in [0.2, 0.25) is 5.82 Å². The van der Waals surface area contributed by atoms with E-state index in [2.05, 4.69) is 46.8 Å². The summed E-state index contributed by atoms with van der Waals surface area (Å²) >= 11 is 0. The van der Waals surface area contributed by atoms with E-state index >= 15 is 0 Å². The van der Waals surface area contributed by atoms with Crippen molar-refractivity contribution < 1.29 is 9.50 Å². The van der Waals surface area contributed by atoms with Crippen molar-refractivity contribution in [3.05, 3.63) is 66.9 Å². The van der Waals surface area contributed by atoms with E-state index in [1.54, 1.807) is 30.7 Å². The molecule has 2 bridgehead atoms. The maximum Gasteiger partial charge on any atom is 0.207 e. The molecule has 186 valence electrons. The lowest BCUT2D eigenvalue weighted by atomic mass is 10.1. The normalized spacial score (nSPS) is 18.5. The number of benzene rings is 1. The molecule has 0 saturated carbocycles. The van der Waals surface area contributed by atoms with E-state index in [4.69, 9.17) is 5.73 Å². The minimum Gasteiger partial charge on any atom is -0.507 e. The van der Waals surface area contributed by atoms with Crippen LogP contribution in [-0.4, -0.2) is 60.0 Å². The maximum absolute atomic E-state index is 14.9. The molecule has 5 heterocycles. The number of nitrogens with zero attached hydrogens (tertiary/aromatic N) is 8. The third kappa shape index (κ3) is 4.38. The van der Waals surface area contributed by atoms with Crippen molar-refractivity contribution in [2.45, 2.75) is 31.5 Å². The van der Waals surface area contributed by atoms with Gasteiger partial charge in [-0.05, 0) is 37.0 Å². The molecule has 2 atom stereocenters. The molecule has 0 aliphatic carbocycles. The number of piperazine rings is 1. The first kappa shape index (κ1) is 22.7. The van der Waals surface area contributed by atoms with Crippen LogP contribution in [0.5, 0.6) is 5.75 Å². The van der Waals surface area contributed by atoms with Crippen LogP contribution in [0.3, 0.4) is 0 Å². The summed E-state index contributed by atoms with van der Waals surface area (Å²) in [5.41, 5.74) is 8.10. The summed E-state index contributed by atoms with van der Waals surface area (Å²) in [5.74, 6) is 6.48. The monoisotopic (exact) mass is 497 g/mol. The van der Waals surface area contributed by atoms with Crippen LogP contribution in [0.2, 0.25) is 0 Å². The number of rotatable bonds is 4. The third-order valence-electron chi connectivity index (χ3n) is 6.80. The Kier molecular flexibility index (Phi) is 5.76. The summed E-state index contributed by atoms with van der Waals surface area (Å²) in [6, 6.07) is 8.91. The molecular formula is C26H24FN9O. The summed E-state index contributed by atoms with van der Waals surface area (Å²) < 4.78 is 16.8. The summed E-state index contributed by atoms with van der Waals surface area (Å²) in [5, 5.41) is 18.6. The molecular weight excluding hydrogens is 473 g/mol. The number of nitrogens with two attached hydrogens (primary N) is 1. The zero-order valence-electron chi connectivity index (χ0n) is 19.9. The van der Waals surface area contributed by atoms with E-state index in [-0.39, 0.29) is 29.5 Å². The van der Waals surface area contributed by atoms with Crippen molar-refractivity contribution in [2.24, 2.45) is 0 Å². The van der Waals surface area contributed by atoms with Gasteiger partial charge in [-0.15, -0.1) is 10.2 Å². The molecule has 2 saturated heterocycles. The molecule has 10 nitrogen and oxygen atoms in total. The number of fused-ring (bicyclic) bond motifs is 2. The Morgan fingerprint density at radius 3 is 2.70 bits per heavy atom. The van der Waals surface area contributed by atoms with Crippen LogP contribution in [0.1, 0.15) is 18.7 Å². The van der Waals surface area contributed by atoms with Gasteiger partial charge in [-0.25, -0.2) is 19.3 Å². The Morgan fingerprint density at radius 2 is 1.95 bits per heavy atom. The number of phenols is 1. The number of aromatic nitrogens is 6. The van der Waals surface area contributed by atoms with Crippen molar-refractivity contribution in [1.82, 2.24) is 29.7 Å². The number of hydrogen-bond acceptors (Lipinski definition) is 9. The average molecular weight is 498 g/mol. The standard InChI is InChI=1S/C26H24FN9O/c27-20-13-30-24(6-3-10-34-11-9-29-16-34)31-26(20)36-17-7-8-18(36)15-35(14-17)22-12-21(32-33-25(22)28)19-4-1-2-5-23(19)37/h1-2,4-5,9,11-13,16-18,37H,7-8,10,14-15H2,(H2,28,33)/t17-,18+. The molecule has 0 unspecified atom stereocenters. The number of aromatic hydroxyl groups is 1. The van der Waals surface area contributed by atoms with E-state index in [9.17, 15) is 9.50 Å². The Morgan fingerprint density at radius 1 is 1.14 bits per heavy atom. The van der Waals surface area contributed by atoms with Gasteiger partial charge >= 0.3 is 0 Å².